The highest BCUT2D eigenvalue weighted by Gasteiger charge is 2.28. The first kappa shape index (κ1) is 14.3. The van der Waals surface area contributed by atoms with Crippen LogP contribution in [0.4, 0.5) is 0 Å². The average Bonchev–Trinajstić information content (AvgIpc) is 2.81. The molecule has 0 unspecified atom stereocenters. The fraction of sp³-hybridized carbons (Fsp3) is 0.312. The second-order valence-electron chi connectivity index (χ2n) is 5.68. The van der Waals surface area contributed by atoms with Crippen LogP contribution in [0.1, 0.15) is 12.5 Å². The van der Waals surface area contributed by atoms with Crippen LogP contribution in [-0.2, 0) is 0 Å². The molecule has 1 aliphatic rings. The summed E-state index contributed by atoms with van der Waals surface area (Å²) >= 11 is 12.3. The topological polar surface area (TPSA) is 50.1 Å². The Hall–Kier alpha value is -1.33. The molecule has 4 nitrogen and oxygen atoms in total. The summed E-state index contributed by atoms with van der Waals surface area (Å²) in [5.74, 6) is 0. The second-order valence-corrected chi connectivity index (χ2v) is 6.56. The molecule has 114 valence electrons. The van der Waals surface area contributed by atoms with Crippen molar-refractivity contribution in [1.29, 1.82) is 0 Å². The third kappa shape index (κ3) is 2.18. The first-order valence-corrected chi connectivity index (χ1v) is 8.04. The van der Waals surface area contributed by atoms with Crippen LogP contribution in [0.25, 0.3) is 21.9 Å². The number of aliphatic hydroxyl groups excluding tert-OH is 1. The maximum absolute atomic E-state index is 10.4. The maximum Gasteiger partial charge on any atom is 0.141 e. The summed E-state index contributed by atoms with van der Waals surface area (Å²) in [6, 6.07) is 7.62. The minimum absolute atomic E-state index is 0.0522. The van der Waals surface area contributed by atoms with Crippen LogP contribution in [-0.4, -0.2) is 33.9 Å². The summed E-state index contributed by atoms with van der Waals surface area (Å²) in [4.78, 5) is 4.51. The average molecular weight is 336 g/mol. The minimum Gasteiger partial charge on any atom is -0.391 e. The van der Waals surface area contributed by atoms with Crippen molar-refractivity contribution < 1.29 is 5.11 Å². The lowest BCUT2D eigenvalue weighted by Gasteiger charge is -2.30. The molecule has 1 aliphatic heterocycles. The van der Waals surface area contributed by atoms with Crippen molar-refractivity contribution in [2.24, 2.45) is 0 Å². The highest BCUT2D eigenvalue weighted by atomic mass is 35.5. The molecule has 2 aromatic heterocycles. The van der Waals surface area contributed by atoms with E-state index in [0.29, 0.717) is 16.6 Å². The van der Waals surface area contributed by atoms with E-state index in [9.17, 15) is 5.11 Å². The van der Waals surface area contributed by atoms with Crippen molar-refractivity contribution >= 4 is 45.1 Å². The van der Waals surface area contributed by atoms with Gasteiger partial charge in [0, 0.05) is 28.5 Å². The van der Waals surface area contributed by atoms with Gasteiger partial charge in [-0.25, -0.2) is 4.98 Å². The van der Waals surface area contributed by atoms with E-state index in [4.69, 9.17) is 23.2 Å². The van der Waals surface area contributed by atoms with Gasteiger partial charge in [0.05, 0.1) is 22.7 Å². The number of pyridine rings is 1. The van der Waals surface area contributed by atoms with E-state index in [0.717, 1.165) is 34.9 Å². The van der Waals surface area contributed by atoms with Crippen LogP contribution < -0.4 is 5.32 Å². The fourth-order valence-electron chi connectivity index (χ4n) is 3.30. The van der Waals surface area contributed by atoms with Gasteiger partial charge in [0.1, 0.15) is 5.65 Å². The molecule has 22 heavy (non-hydrogen) atoms. The van der Waals surface area contributed by atoms with E-state index < -0.39 is 6.10 Å². The summed E-state index contributed by atoms with van der Waals surface area (Å²) in [6.45, 7) is 1.55. The third-order valence-electron chi connectivity index (χ3n) is 4.32. The lowest BCUT2D eigenvalue weighted by Crippen LogP contribution is -2.41. The molecule has 1 saturated heterocycles. The van der Waals surface area contributed by atoms with Gasteiger partial charge in [-0.05, 0) is 37.2 Å². The zero-order valence-electron chi connectivity index (χ0n) is 11.8. The number of piperidine rings is 1. The van der Waals surface area contributed by atoms with E-state index in [2.05, 4.69) is 14.9 Å². The predicted molar refractivity (Wildman–Crippen MR) is 89.8 cm³/mol. The fourth-order valence-corrected chi connectivity index (χ4v) is 3.63. The molecule has 0 amide bonds. The summed E-state index contributed by atoms with van der Waals surface area (Å²) in [7, 11) is 0. The van der Waals surface area contributed by atoms with Crippen molar-refractivity contribution in [3.8, 4) is 0 Å². The Balaban J connectivity index is 2.06. The van der Waals surface area contributed by atoms with E-state index >= 15 is 0 Å². The lowest BCUT2D eigenvalue weighted by atomic mass is 10.0. The van der Waals surface area contributed by atoms with Gasteiger partial charge >= 0.3 is 0 Å². The highest BCUT2D eigenvalue weighted by molar-refractivity contribution is 6.33. The van der Waals surface area contributed by atoms with Crippen molar-refractivity contribution in [3.05, 3.63) is 40.5 Å². The number of nitrogens with zero attached hydrogens (tertiary/aromatic N) is 2. The third-order valence-corrected chi connectivity index (χ3v) is 4.76. The van der Waals surface area contributed by atoms with Gasteiger partial charge in [-0.2, -0.15) is 0 Å². The van der Waals surface area contributed by atoms with Gasteiger partial charge in [0.2, 0.25) is 0 Å². The second kappa shape index (κ2) is 5.39. The summed E-state index contributed by atoms with van der Waals surface area (Å²) in [5, 5.41) is 17.0. The number of nitrogens with one attached hydrogen (secondary N) is 1. The molecule has 0 saturated carbocycles. The van der Waals surface area contributed by atoms with Crippen LogP contribution in [0.3, 0.4) is 0 Å². The monoisotopic (exact) mass is 335 g/mol. The van der Waals surface area contributed by atoms with Crippen molar-refractivity contribution in [2.75, 3.05) is 13.1 Å². The van der Waals surface area contributed by atoms with Gasteiger partial charge in [0.15, 0.2) is 0 Å². The maximum atomic E-state index is 10.4. The molecule has 1 fully saturated rings. The van der Waals surface area contributed by atoms with E-state index in [1.54, 1.807) is 6.20 Å². The first-order valence-electron chi connectivity index (χ1n) is 7.28. The molecule has 1 aromatic carbocycles. The number of aliphatic hydroxyl groups is 1. The number of hydrogen-bond donors (Lipinski definition) is 2. The largest absolute Gasteiger partial charge is 0.391 e. The molecule has 3 aromatic rings. The minimum atomic E-state index is -0.395. The smallest absolute Gasteiger partial charge is 0.141 e. The van der Waals surface area contributed by atoms with Crippen LogP contribution in [0, 0.1) is 0 Å². The summed E-state index contributed by atoms with van der Waals surface area (Å²) < 4.78 is 2.11. The number of fused-ring (bicyclic) bond motifs is 3. The predicted octanol–water partition coefficient (Wildman–Crippen LogP) is 3.39. The van der Waals surface area contributed by atoms with Crippen LogP contribution in [0.15, 0.2) is 30.5 Å². The molecule has 0 aliphatic carbocycles. The Morgan fingerprint density at radius 3 is 2.82 bits per heavy atom. The van der Waals surface area contributed by atoms with Crippen LogP contribution >= 0.6 is 23.2 Å². The zero-order valence-corrected chi connectivity index (χ0v) is 13.3. The van der Waals surface area contributed by atoms with Gasteiger partial charge in [-0.15, -0.1) is 0 Å². The van der Waals surface area contributed by atoms with Crippen LogP contribution in [0.5, 0.6) is 0 Å². The van der Waals surface area contributed by atoms with Gasteiger partial charge in [0.25, 0.3) is 0 Å². The Kier molecular flexibility index (Phi) is 3.50. The van der Waals surface area contributed by atoms with Crippen molar-refractivity contribution in [3.63, 3.8) is 0 Å². The number of aromatic nitrogens is 2. The van der Waals surface area contributed by atoms with Crippen molar-refractivity contribution in [1.82, 2.24) is 14.9 Å². The molecule has 0 bridgehead atoms. The number of halogens is 2. The molecular formula is C16H15Cl2N3O. The van der Waals surface area contributed by atoms with E-state index in [1.807, 2.05) is 24.3 Å². The Morgan fingerprint density at radius 1 is 1.18 bits per heavy atom. The zero-order chi connectivity index (χ0) is 15.3. The molecule has 0 spiro atoms. The van der Waals surface area contributed by atoms with Gasteiger partial charge < -0.3 is 15.0 Å². The van der Waals surface area contributed by atoms with E-state index in [-0.39, 0.29) is 6.04 Å². The summed E-state index contributed by atoms with van der Waals surface area (Å²) in [6.07, 6.45) is 1.98. The van der Waals surface area contributed by atoms with Gasteiger partial charge in [-0.3, -0.25) is 0 Å². The Bertz CT molecular complexity index is 802. The van der Waals surface area contributed by atoms with E-state index in [1.165, 1.54) is 0 Å². The molecule has 0 radical (unpaired) electrons. The number of rotatable bonds is 1. The molecule has 2 atom stereocenters. The number of benzene rings is 1. The standard InChI is InChI=1S/C16H15Cl2N3O/c17-9-1-2-13-11(5-9)12-6-10(18)7-20-16(12)21(13)14-8-19-4-3-15(14)22/h1-2,5-7,14-15,19,22H,3-4,8H2/t14-,15-/m1/s1. The molecular weight excluding hydrogens is 321 g/mol. The Morgan fingerprint density at radius 2 is 2.00 bits per heavy atom. The summed E-state index contributed by atoms with van der Waals surface area (Å²) in [5.41, 5.74) is 1.84. The number of hydrogen-bond acceptors (Lipinski definition) is 3. The molecule has 3 heterocycles. The first-order chi connectivity index (χ1) is 10.6. The van der Waals surface area contributed by atoms with Crippen molar-refractivity contribution in [2.45, 2.75) is 18.6 Å². The van der Waals surface area contributed by atoms with Crippen LogP contribution in [0.2, 0.25) is 10.0 Å². The normalized spacial score (nSPS) is 22.5. The molecule has 4 rings (SSSR count). The lowest BCUT2D eigenvalue weighted by molar-refractivity contribution is 0.0879. The Labute approximate surface area is 137 Å². The quantitative estimate of drug-likeness (QED) is 0.716. The molecule has 6 heteroatoms. The highest BCUT2D eigenvalue weighted by Crippen LogP contribution is 2.35. The van der Waals surface area contributed by atoms with Gasteiger partial charge in [-0.1, -0.05) is 23.2 Å². The molecule has 2 N–H and O–H groups in total. The SMILES string of the molecule is O[C@@H]1CCNC[C@H]1n1c2ccc(Cl)cc2c2cc(Cl)cnc21.